The van der Waals surface area contributed by atoms with E-state index >= 15 is 0 Å². The highest BCUT2D eigenvalue weighted by Gasteiger charge is 2.29. The van der Waals surface area contributed by atoms with Crippen molar-refractivity contribution in [2.24, 2.45) is 5.41 Å². The highest BCUT2D eigenvalue weighted by Crippen LogP contribution is 2.35. The lowest BCUT2D eigenvalue weighted by Gasteiger charge is -2.32. The van der Waals surface area contributed by atoms with Crippen molar-refractivity contribution in [1.29, 1.82) is 0 Å². The first-order valence-electron chi connectivity index (χ1n) is 6.02. The Labute approximate surface area is 119 Å². The first kappa shape index (κ1) is 15.8. The lowest BCUT2D eigenvalue weighted by atomic mass is 9.77. The zero-order valence-electron chi connectivity index (χ0n) is 11.0. The van der Waals surface area contributed by atoms with Crippen LogP contribution in [0.2, 0.25) is 10.0 Å². The second-order valence-electron chi connectivity index (χ2n) is 5.47. The fourth-order valence-corrected chi connectivity index (χ4v) is 2.42. The minimum Gasteiger partial charge on any atom is -0.394 e. The number of benzene rings is 1. The summed E-state index contributed by atoms with van der Waals surface area (Å²) in [7, 11) is 0. The van der Waals surface area contributed by atoms with Gasteiger partial charge in [0.05, 0.1) is 22.8 Å². The normalized spacial score (nSPS) is 15.5. The minimum atomic E-state index is -0.720. The van der Waals surface area contributed by atoms with Crippen molar-refractivity contribution in [2.75, 3.05) is 6.61 Å². The van der Waals surface area contributed by atoms with E-state index in [9.17, 15) is 5.11 Å². The van der Waals surface area contributed by atoms with Gasteiger partial charge < -0.3 is 10.2 Å². The summed E-state index contributed by atoms with van der Waals surface area (Å²) >= 11 is 11.9. The van der Waals surface area contributed by atoms with E-state index in [2.05, 4.69) is 6.92 Å². The van der Waals surface area contributed by atoms with Crippen LogP contribution in [0.25, 0.3) is 0 Å². The molecule has 0 bridgehead atoms. The van der Waals surface area contributed by atoms with Crippen LogP contribution in [0.15, 0.2) is 18.2 Å². The van der Waals surface area contributed by atoms with Gasteiger partial charge in [-0.25, -0.2) is 0 Å². The van der Waals surface area contributed by atoms with E-state index in [0.29, 0.717) is 10.0 Å². The van der Waals surface area contributed by atoms with E-state index < -0.39 is 6.10 Å². The molecule has 0 aromatic heterocycles. The van der Waals surface area contributed by atoms with Crippen LogP contribution < -0.4 is 0 Å². The molecule has 18 heavy (non-hydrogen) atoms. The van der Waals surface area contributed by atoms with Gasteiger partial charge in [0.25, 0.3) is 0 Å². The van der Waals surface area contributed by atoms with Gasteiger partial charge in [0.15, 0.2) is 0 Å². The molecule has 0 aliphatic carbocycles. The Balaban J connectivity index is 2.81. The van der Waals surface area contributed by atoms with Crippen molar-refractivity contribution >= 4 is 23.2 Å². The summed E-state index contributed by atoms with van der Waals surface area (Å²) in [5.41, 5.74) is 0.739. The van der Waals surface area contributed by atoms with E-state index in [1.807, 2.05) is 26.0 Å². The molecule has 0 amide bonds. The predicted molar refractivity (Wildman–Crippen MR) is 76.4 cm³/mol. The summed E-state index contributed by atoms with van der Waals surface area (Å²) < 4.78 is 0. The summed E-state index contributed by atoms with van der Waals surface area (Å²) in [5, 5.41) is 19.9. The van der Waals surface area contributed by atoms with Gasteiger partial charge in [-0.3, -0.25) is 0 Å². The monoisotopic (exact) mass is 290 g/mol. The number of halogens is 2. The quantitative estimate of drug-likeness (QED) is 0.864. The van der Waals surface area contributed by atoms with Gasteiger partial charge in [-0.1, -0.05) is 50.0 Å². The van der Waals surface area contributed by atoms with Gasteiger partial charge in [0, 0.05) is 0 Å². The van der Waals surface area contributed by atoms with Crippen molar-refractivity contribution in [3.05, 3.63) is 33.8 Å². The van der Waals surface area contributed by atoms with Gasteiger partial charge in [0.2, 0.25) is 0 Å². The molecule has 0 fully saturated rings. The molecule has 0 aliphatic heterocycles. The van der Waals surface area contributed by atoms with E-state index in [-0.39, 0.29) is 17.9 Å². The molecular weight excluding hydrogens is 271 g/mol. The van der Waals surface area contributed by atoms with Crippen molar-refractivity contribution < 1.29 is 10.2 Å². The Hall–Kier alpha value is -0.280. The summed E-state index contributed by atoms with van der Waals surface area (Å²) in [6.45, 7) is 5.75. The van der Waals surface area contributed by atoms with Gasteiger partial charge in [-0.2, -0.15) is 0 Å². The number of aliphatic hydroxyl groups is 2. The average Bonchev–Trinajstić information content (AvgIpc) is 2.30. The maximum atomic E-state index is 9.78. The van der Waals surface area contributed by atoms with Crippen molar-refractivity contribution in [2.45, 2.75) is 39.2 Å². The first-order chi connectivity index (χ1) is 8.27. The molecule has 0 spiro atoms. The molecule has 2 N–H and O–H groups in total. The van der Waals surface area contributed by atoms with E-state index in [4.69, 9.17) is 28.3 Å². The molecule has 4 heteroatoms. The minimum absolute atomic E-state index is 0.221. The lowest BCUT2D eigenvalue weighted by molar-refractivity contribution is -0.00362. The third kappa shape index (κ3) is 3.86. The third-order valence-electron chi connectivity index (χ3n) is 3.42. The zero-order chi connectivity index (χ0) is 13.9. The van der Waals surface area contributed by atoms with Crippen molar-refractivity contribution in [1.82, 2.24) is 0 Å². The first-order valence-corrected chi connectivity index (χ1v) is 6.77. The molecule has 0 saturated carbocycles. The standard InChI is InChI=1S/C14H20Cl2O2/c1-9(7-14(2,3)13(18)8-17)10-4-5-11(15)12(16)6-10/h4-6,9,13,17-18H,7-8H2,1-3H3/t9-,13-/m0/s1. The number of rotatable bonds is 5. The smallest absolute Gasteiger partial charge is 0.0821 e. The summed E-state index contributed by atoms with van der Waals surface area (Å²) in [5.74, 6) is 0.232. The Bertz CT molecular complexity index is 405. The molecule has 2 atom stereocenters. The Morgan fingerprint density at radius 1 is 1.22 bits per heavy atom. The van der Waals surface area contributed by atoms with Crippen LogP contribution in [0, 0.1) is 5.41 Å². The molecule has 2 nitrogen and oxygen atoms in total. The second-order valence-corrected chi connectivity index (χ2v) is 6.28. The molecule has 1 aromatic rings. The van der Waals surface area contributed by atoms with E-state index in [1.165, 1.54) is 0 Å². The van der Waals surface area contributed by atoms with Crippen LogP contribution in [-0.2, 0) is 0 Å². The molecule has 0 unspecified atom stereocenters. The Morgan fingerprint density at radius 3 is 2.33 bits per heavy atom. The SMILES string of the molecule is C[C@@H](CC(C)(C)[C@@H](O)CO)c1ccc(Cl)c(Cl)c1. The van der Waals surface area contributed by atoms with Crippen molar-refractivity contribution in [3.63, 3.8) is 0 Å². The number of hydrogen-bond donors (Lipinski definition) is 2. The molecular formula is C14H20Cl2O2. The number of hydrogen-bond acceptors (Lipinski definition) is 2. The van der Waals surface area contributed by atoms with E-state index in [1.54, 1.807) is 6.07 Å². The highest BCUT2D eigenvalue weighted by molar-refractivity contribution is 6.42. The maximum Gasteiger partial charge on any atom is 0.0821 e. The zero-order valence-corrected chi connectivity index (χ0v) is 12.5. The summed E-state index contributed by atoms with van der Waals surface area (Å²) in [4.78, 5) is 0. The topological polar surface area (TPSA) is 40.5 Å². The largest absolute Gasteiger partial charge is 0.394 e. The molecule has 1 aromatic carbocycles. The highest BCUT2D eigenvalue weighted by atomic mass is 35.5. The van der Waals surface area contributed by atoms with Crippen LogP contribution in [-0.4, -0.2) is 22.9 Å². The van der Waals surface area contributed by atoms with Gasteiger partial charge >= 0.3 is 0 Å². The molecule has 0 saturated heterocycles. The molecule has 102 valence electrons. The predicted octanol–water partition coefficient (Wildman–Crippen LogP) is 3.87. The van der Waals surface area contributed by atoms with Crippen LogP contribution in [0.3, 0.4) is 0 Å². The van der Waals surface area contributed by atoms with Crippen LogP contribution in [0.1, 0.15) is 38.7 Å². The average molecular weight is 291 g/mol. The molecule has 1 rings (SSSR count). The van der Waals surface area contributed by atoms with Crippen molar-refractivity contribution in [3.8, 4) is 0 Å². The third-order valence-corrected chi connectivity index (χ3v) is 4.16. The molecule has 0 heterocycles. The van der Waals surface area contributed by atoms with Crippen LogP contribution in [0.5, 0.6) is 0 Å². The lowest BCUT2D eigenvalue weighted by Crippen LogP contribution is -2.33. The molecule has 0 radical (unpaired) electrons. The van der Waals surface area contributed by atoms with Crippen LogP contribution >= 0.6 is 23.2 Å². The summed E-state index contributed by atoms with van der Waals surface area (Å²) in [6, 6.07) is 5.58. The van der Waals surface area contributed by atoms with E-state index in [0.717, 1.165) is 12.0 Å². The summed E-state index contributed by atoms with van der Waals surface area (Å²) in [6.07, 6.45) is 0.0369. The second kappa shape index (κ2) is 6.25. The fraction of sp³-hybridized carbons (Fsp3) is 0.571. The molecule has 0 aliphatic rings. The van der Waals surface area contributed by atoms with Gasteiger partial charge in [-0.05, 0) is 35.4 Å². The van der Waals surface area contributed by atoms with Gasteiger partial charge in [-0.15, -0.1) is 0 Å². The Kier molecular flexibility index (Phi) is 5.47. The number of aliphatic hydroxyl groups excluding tert-OH is 2. The Morgan fingerprint density at radius 2 is 1.83 bits per heavy atom. The van der Waals surface area contributed by atoms with Crippen LogP contribution in [0.4, 0.5) is 0 Å². The maximum absolute atomic E-state index is 9.78. The van der Waals surface area contributed by atoms with Gasteiger partial charge in [0.1, 0.15) is 0 Å². The fourth-order valence-electron chi connectivity index (χ4n) is 2.11.